The fraction of sp³-hybridized carbons (Fsp3) is 0.700. The Morgan fingerprint density at radius 3 is 2.92 bits per heavy atom. The van der Waals surface area contributed by atoms with Gasteiger partial charge < -0.3 is 5.32 Å². The summed E-state index contributed by atoms with van der Waals surface area (Å²) in [7, 11) is 0. The first-order chi connectivity index (χ1) is 5.72. The van der Waals surface area contributed by atoms with E-state index in [0.29, 0.717) is 6.04 Å². The van der Waals surface area contributed by atoms with Crippen LogP contribution >= 0.6 is 0 Å². The molecule has 0 aliphatic heterocycles. The highest BCUT2D eigenvalue weighted by Crippen LogP contribution is 2.23. The van der Waals surface area contributed by atoms with E-state index < -0.39 is 0 Å². The Kier molecular flexibility index (Phi) is 3.32. The van der Waals surface area contributed by atoms with Crippen LogP contribution in [0, 0.1) is 5.92 Å². The molecule has 0 radical (unpaired) electrons. The predicted molar refractivity (Wildman–Crippen MR) is 49.8 cm³/mol. The molecule has 1 amide bonds. The fourth-order valence-corrected chi connectivity index (χ4v) is 1.83. The molecular formula is C10H17NO. The van der Waals surface area contributed by atoms with Gasteiger partial charge >= 0.3 is 0 Å². The molecule has 1 unspecified atom stereocenters. The lowest BCUT2D eigenvalue weighted by atomic mass is 9.87. The summed E-state index contributed by atoms with van der Waals surface area (Å²) in [6.07, 6.45) is 6.15. The van der Waals surface area contributed by atoms with Crippen molar-refractivity contribution in [3.8, 4) is 0 Å². The summed E-state index contributed by atoms with van der Waals surface area (Å²) >= 11 is 0. The van der Waals surface area contributed by atoms with Gasteiger partial charge in [-0.1, -0.05) is 26.3 Å². The lowest BCUT2D eigenvalue weighted by Gasteiger charge is -2.26. The van der Waals surface area contributed by atoms with E-state index in [1.165, 1.54) is 18.9 Å². The van der Waals surface area contributed by atoms with E-state index in [1.807, 2.05) is 0 Å². The van der Waals surface area contributed by atoms with Crippen LogP contribution in [0.3, 0.4) is 0 Å². The van der Waals surface area contributed by atoms with Gasteiger partial charge in [0, 0.05) is 6.04 Å². The van der Waals surface area contributed by atoms with Crippen molar-refractivity contribution in [1.29, 1.82) is 0 Å². The minimum Gasteiger partial charge on any atom is -0.350 e. The molecule has 0 bridgehead atoms. The predicted octanol–water partition coefficient (Wildman–Crippen LogP) is 1.87. The van der Waals surface area contributed by atoms with Crippen molar-refractivity contribution in [2.75, 3.05) is 0 Å². The first-order valence-corrected chi connectivity index (χ1v) is 4.65. The summed E-state index contributed by atoms with van der Waals surface area (Å²) in [4.78, 5) is 11.0. The van der Waals surface area contributed by atoms with E-state index in [-0.39, 0.29) is 5.91 Å². The Balaban J connectivity index is 2.31. The lowest BCUT2D eigenvalue weighted by Crippen LogP contribution is -2.36. The minimum atomic E-state index is -0.0332. The maximum Gasteiger partial charge on any atom is 0.243 e. The number of carbonyl (C=O) groups is 1. The number of nitrogens with one attached hydrogen (secondary N) is 1. The Bertz CT molecular complexity index is 177. The molecule has 1 aliphatic rings. The molecule has 2 nitrogen and oxygen atoms in total. The van der Waals surface area contributed by atoms with Crippen molar-refractivity contribution in [2.24, 2.45) is 5.92 Å². The van der Waals surface area contributed by atoms with Crippen LogP contribution < -0.4 is 5.32 Å². The van der Waals surface area contributed by atoms with Gasteiger partial charge in [-0.3, -0.25) is 4.79 Å². The van der Waals surface area contributed by atoms with E-state index in [1.54, 1.807) is 0 Å². The van der Waals surface area contributed by atoms with Gasteiger partial charge in [0.25, 0.3) is 0 Å². The minimum absolute atomic E-state index is 0.0332. The number of hydrogen-bond acceptors (Lipinski definition) is 1. The first kappa shape index (κ1) is 9.30. The standard InChI is InChI=1S/C10H17NO/c1-3-10(12)11-9-6-4-5-8(2)7-9/h3,8-9H,1,4-7H2,2H3,(H,11,12)/t8?,9-/m0/s1. The quantitative estimate of drug-likeness (QED) is 0.625. The third-order valence-electron chi connectivity index (χ3n) is 2.47. The van der Waals surface area contributed by atoms with Crippen molar-refractivity contribution in [1.82, 2.24) is 5.32 Å². The Morgan fingerprint density at radius 1 is 1.58 bits per heavy atom. The Labute approximate surface area is 74.0 Å². The number of rotatable bonds is 2. The van der Waals surface area contributed by atoms with Gasteiger partial charge in [-0.05, 0) is 24.8 Å². The van der Waals surface area contributed by atoms with Crippen molar-refractivity contribution in [3.63, 3.8) is 0 Å². The maximum atomic E-state index is 11.0. The molecule has 1 fully saturated rings. The van der Waals surface area contributed by atoms with Crippen molar-refractivity contribution >= 4 is 5.91 Å². The van der Waals surface area contributed by atoms with Gasteiger partial charge in [-0.2, -0.15) is 0 Å². The highest BCUT2D eigenvalue weighted by Gasteiger charge is 2.19. The molecule has 2 heteroatoms. The van der Waals surface area contributed by atoms with Crippen LogP contribution in [0.15, 0.2) is 12.7 Å². The molecule has 1 saturated carbocycles. The molecule has 1 rings (SSSR count). The van der Waals surface area contributed by atoms with Crippen LogP contribution in [0.25, 0.3) is 0 Å². The Hall–Kier alpha value is -0.790. The van der Waals surface area contributed by atoms with Gasteiger partial charge in [0.15, 0.2) is 0 Å². The van der Waals surface area contributed by atoms with Crippen molar-refractivity contribution in [2.45, 2.75) is 38.6 Å². The highest BCUT2D eigenvalue weighted by molar-refractivity contribution is 5.87. The largest absolute Gasteiger partial charge is 0.350 e. The zero-order valence-electron chi connectivity index (χ0n) is 7.68. The highest BCUT2D eigenvalue weighted by atomic mass is 16.1. The van der Waals surface area contributed by atoms with Crippen molar-refractivity contribution < 1.29 is 4.79 Å². The summed E-state index contributed by atoms with van der Waals surface area (Å²) in [6, 6.07) is 0.388. The molecule has 0 heterocycles. The summed E-state index contributed by atoms with van der Waals surface area (Å²) in [5.74, 6) is 0.725. The molecule has 0 aromatic heterocycles. The van der Waals surface area contributed by atoms with E-state index in [4.69, 9.17) is 0 Å². The normalized spacial score (nSPS) is 29.4. The third kappa shape index (κ3) is 2.68. The summed E-state index contributed by atoms with van der Waals surface area (Å²) in [5.41, 5.74) is 0. The fourth-order valence-electron chi connectivity index (χ4n) is 1.83. The first-order valence-electron chi connectivity index (χ1n) is 4.65. The zero-order chi connectivity index (χ0) is 8.97. The molecule has 1 aliphatic carbocycles. The van der Waals surface area contributed by atoms with Gasteiger partial charge in [0.1, 0.15) is 0 Å². The summed E-state index contributed by atoms with van der Waals surface area (Å²) in [6.45, 7) is 5.68. The Morgan fingerprint density at radius 2 is 2.33 bits per heavy atom. The zero-order valence-corrected chi connectivity index (χ0v) is 7.68. The molecular weight excluding hydrogens is 150 g/mol. The molecule has 0 saturated heterocycles. The maximum absolute atomic E-state index is 11.0. The SMILES string of the molecule is C=CC(=O)N[C@H]1CCCC(C)C1. The van der Waals surface area contributed by atoms with E-state index in [0.717, 1.165) is 18.8 Å². The summed E-state index contributed by atoms with van der Waals surface area (Å²) < 4.78 is 0. The molecule has 0 spiro atoms. The molecule has 0 aromatic rings. The molecule has 0 aromatic carbocycles. The van der Waals surface area contributed by atoms with Crippen LogP contribution in [0.4, 0.5) is 0 Å². The molecule has 12 heavy (non-hydrogen) atoms. The molecule has 68 valence electrons. The van der Waals surface area contributed by atoms with E-state index in [2.05, 4.69) is 18.8 Å². The van der Waals surface area contributed by atoms with Gasteiger partial charge in [-0.25, -0.2) is 0 Å². The second kappa shape index (κ2) is 4.29. The average Bonchev–Trinajstić information content (AvgIpc) is 2.04. The average molecular weight is 167 g/mol. The lowest BCUT2D eigenvalue weighted by molar-refractivity contribution is -0.117. The van der Waals surface area contributed by atoms with E-state index >= 15 is 0 Å². The van der Waals surface area contributed by atoms with Crippen LogP contribution in [0.2, 0.25) is 0 Å². The number of amides is 1. The van der Waals surface area contributed by atoms with Gasteiger partial charge in [0.05, 0.1) is 0 Å². The second-order valence-corrected chi connectivity index (χ2v) is 3.68. The molecule has 1 N–H and O–H groups in total. The van der Waals surface area contributed by atoms with Crippen LogP contribution in [-0.4, -0.2) is 11.9 Å². The molecule has 2 atom stereocenters. The topological polar surface area (TPSA) is 29.1 Å². The van der Waals surface area contributed by atoms with Gasteiger partial charge in [0.2, 0.25) is 5.91 Å². The van der Waals surface area contributed by atoms with Crippen LogP contribution in [-0.2, 0) is 4.79 Å². The van der Waals surface area contributed by atoms with E-state index in [9.17, 15) is 4.79 Å². The monoisotopic (exact) mass is 167 g/mol. The number of hydrogen-bond donors (Lipinski definition) is 1. The van der Waals surface area contributed by atoms with Crippen LogP contribution in [0.5, 0.6) is 0 Å². The summed E-state index contributed by atoms with van der Waals surface area (Å²) in [5, 5.41) is 2.94. The smallest absolute Gasteiger partial charge is 0.243 e. The number of carbonyl (C=O) groups excluding carboxylic acids is 1. The second-order valence-electron chi connectivity index (χ2n) is 3.68. The third-order valence-corrected chi connectivity index (χ3v) is 2.47. The van der Waals surface area contributed by atoms with Gasteiger partial charge in [-0.15, -0.1) is 0 Å². The van der Waals surface area contributed by atoms with Crippen molar-refractivity contribution in [3.05, 3.63) is 12.7 Å². The van der Waals surface area contributed by atoms with Crippen LogP contribution in [0.1, 0.15) is 32.6 Å².